The van der Waals surface area contributed by atoms with Crippen molar-refractivity contribution in [3.05, 3.63) is 29.3 Å². The summed E-state index contributed by atoms with van der Waals surface area (Å²) in [5.74, 6) is 1.72. The molecule has 2 fully saturated rings. The normalized spacial score (nSPS) is 31.2. The topological polar surface area (TPSA) is 30.5 Å². The van der Waals surface area contributed by atoms with Gasteiger partial charge in [-0.15, -0.1) is 0 Å². The number of benzene rings is 1. The van der Waals surface area contributed by atoms with Gasteiger partial charge < -0.3 is 14.8 Å². The summed E-state index contributed by atoms with van der Waals surface area (Å²) in [6, 6.07) is 7.21. The van der Waals surface area contributed by atoms with Crippen molar-refractivity contribution in [1.82, 2.24) is 5.32 Å². The molecule has 2 saturated heterocycles. The van der Waals surface area contributed by atoms with E-state index in [-0.39, 0.29) is 0 Å². The second-order valence-electron chi connectivity index (χ2n) is 6.67. The van der Waals surface area contributed by atoms with E-state index < -0.39 is 0 Å². The first-order chi connectivity index (χ1) is 10.3. The minimum absolute atomic E-state index is 0.436. The van der Waals surface area contributed by atoms with Crippen LogP contribution in [-0.2, 0) is 11.2 Å². The first kappa shape index (κ1) is 13.6. The number of hydrogen-bond acceptors (Lipinski definition) is 3. The fourth-order valence-corrected chi connectivity index (χ4v) is 4.24. The van der Waals surface area contributed by atoms with E-state index >= 15 is 0 Å². The number of ether oxygens (including phenoxy) is 2. The molecule has 3 aliphatic rings. The smallest absolute Gasteiger partial charge is 0.122 e. The standard InChI is InChI=1S/C18H25NO2/c1-2-8-19-18(15-11-14-4-6-17(15)21-14)13-3-5-16-12(10-13)7-9-20-16/h3,5,10,14-15,17-19H,2,4,6-9,11H2,1H3. The highest BCUT2D eigenvalue weighted by atomic mass is 16.5. The van der Waals surface area contributed by atoms with Crippen molar-refractivity contribution in [3.63, 3.8) is 0 Å². The third-order valence-corrected chi connectivity index (χ3v) is 5.27. The number of fused-ring (bicyclic) bond motifs is 3. The Labute approximate surface area is 127 Å². The molecule has 4 unspecified atom stereocenters. The molecule has 1 aromatic carbocycles. The Morgan fingerprint density at radius 3 is 3.05 bits per heavy atom. The third-order valence-electron chi connectivity index (χ3n) is 5.27. The highest BCUT2D eigenvalue weighted by Crippen LogP contribution is 2.45. The molecule has 3 nitrogen and oxygen atoms in total. The van der Waals surface area contributed by atoms with Crippen LogP contribution in [0, 0.1) is 5.92 Å². The van der Waals surface area contributed by atoms with Crippen LogP contribution in [-0.4, -0.2) is 25.4 Å². The molecule has 1 aromatic rings. The van der Waals surface area contributed by atoms with Crippen LogP contribution in [0.2, 0.25) is 0 Å². The molecule has 2 bridgehead atoms. The van der Waals surface area contributed by atoms with Gasteiger partial charge in [-0.1, -0.05) is 19.1 Å². The van der Waals surface area contributed by atoms with E-state index in [4.69, 9.17) is 9.47 Å². The summed E-state index contributed by atoms with van der Waals surface area (Å²) in [7, 11) is 0. The van der Waals surface area contributed by atoms with Crippen molar-refractivity contribution in [2.24, 2.45) is 5.92 Å². The van der Waals surface area contributed by atoms with Gasteiger partial charge in [0, 0.05) is 18.4 Å². The average Bonchev–Trinajstić information content (AvgIpc) is 3.23. The van der Waals surface area contributed by atoms with Crippen LogP contribution in [0.5, 0.6) is 5.75 Å². The van der Waals surface area contributed by atoms with Crippen molar-refractivity contribution >= 4 is 0 Å². The maximum absolute atomic E-state index is 6.10. The lowest BCUT2D eigenvalue weighted by Gasteiger charge is -2.30. The molecule has 0 saturated carbocycles. The molecule has 0 radical (unpaired) electrons. The fourth-order valence-electron chi connectivity index (χ4n) is 4.24. The molecule has 4 atom stereocenters. The quantitative estimate of drug-likeness (QED) is 0.902. The van der Waals surface area contributed by atoms with Crippen molar-refractivity contribution in [2.45, 2.75) is 57.3 Å². The summed E-state index contributed by atoms with van der Waals surface area (Å²) in [4.78, 5) is 0. The van der Waals surface area contributed by atoms with Gasteiger partial charge >= 0.3 is 0 Å². The van der Waals surface area contributed by atoms with Crippen LogP contribution in [0.15, 0.2) is 18.2 Å². The largest absolute Gasteiger partial charge is 0.493 e. The molecule has 21 heavy (non-hydrogen) atoms. The molecule has 3 aliphatic heterocycles. The molecular weight excluding hydrogens is 262 g/mol. The van der Waals surface area contributed by atoms with Gasteiger partial charge in [0.05, 0.1) is 18.8 Å². The molecule has 1 N–H and O–H groups in total. The second-order valence-corrected chi connectivity index (χ2v) is 6.67. The average molecular weight is 287 g/mol. The predicted molar refractivity (Wildman–Crippen MR) is 82.7 cm³/mol. The molecular formula is C18H25NO2. The molecule has 0 aliphatic carbocycles. The zero-order chi connectivity index (χ0) is 14.2. The first-order valence-corrected chi connectivity index (χ1v) is 8.49. The molecule has 114 valence electrons. The maximum Gasteiger partial charge on any atom is 0.122 e. The lowest BCUT2D eigenvalue weighted by atomic mass is 9.80. The number of nitrogens with one attached hydrogen (secondary N) is 1. The first-order valence-electron chi connectivity index (χ1n) is 8.49. The highest BCUT2D eigenvalue weighted by molar-refractivity contribution is 5.41. The maximum atomic E-state index is 6.10. The Bertz CT molecular complexity index is 516. The Kier molecular flexibility index (Phi) is 3.64. The molecule has 0 spiro atoms. The van der Waals surface area contributed by atoms with Gasteiger partial charge in [0.25, 0.3) is 0 Å². The lowest BCUT2D eigenvalue weighted by molar-refractivity contribution is 0.0857. The summed E-state index contributed by atoms with van der Waals surface area (Å²) in [5, 5.41) is 3.78. The van der Waals surface area contributed by atoms with Crippen LogP contribution in [0.1, 0.15) is 49.8 Å². The van der Waals surface area contributed by atoms with Gasteiger partial charge in [-0.3, -0.25) is 0 Å². The Morgan fingerprint density at radius 1 is 1.33 bits per heavy atom. The zero-order valence-electron chi connectivity index (χ0n) is 12.8. The SMILES string of the molecule is CCCNC(c1ccc2c(c1)CCO2)C1CC2CCC1O2. The van der Waals surface area contributed by atoms with Gasteiger partial charge in [0.2, 0.25) is 0 Å². The van der Waals surface area contributed by atoms with E-state index in [1.165, 1.54) is 36.8 Å². The van der Waals surface area contributed by atoms with E-state index in [0.29, 0.717) is 24.2 Å². The summed E-state index contributed by atoms with van der Waals surface area (Å²) in [6.45, 7) is 4.15. The van der Waals surface area contributed by atoms with E-state index in [9.17, 15) is 0 Å². The van der Waals surface area contributed by atoms with Crippen LogP contribution in [0.25, 0.3) is 0 Å². The van der Waals surface area contributed by atoms with Crippen LogP contribution >= 0.6 is 0 Å². The minimum Gasteiger partial charge on any atom is -0.493 e. The van der Waals surface area contributed by atoms with Crippen LogP contribution < -0.4 is 10.1 Å². The fraction of sp³-hybridized carbons (Fsp3) is 0.667. The molecule has 3 heteroatoms. The van der Waals surface area contributed by atoms with Crippen molar-refractivity contribution in [1.29, 1.82) is 0 Å². The molecule has 4 rings (SSSR count). The van der Waals surface area contributed by atoms with Crippen molar-refractivity contribution in [3.8, 4) is 5.75 Å². The Hall–Kier alpha value is -1.06. The van der Waals surface area contributed by atoms with E-state index in [0.717, 1.165) is 25.3 Å². The zero-order valence-corrected chi connectivity index (χ0v) is 12.8. The summed E-state index contributed by atoms with van der Waals surface area (Å²) < 4.78 is 11.7. The summed E-state index contributed by atoms with van der Waals surface area (Å²) in [6.07, 6.45) is 6.94. The van der Waals surface area contributed by atoms with Crippen molar-refractivity contribution in [2.75, 3.05) is 13.2 Å². The Morgan fingerprint density at radius 2 is 2.29 bits per heavy atom. The van der Waals surface area contributed by atoms with Crippen LogP contribution in [0.3, 0.4) is 0 Å². The van der Waals surface area contributed by atoms with Crippen LogP contribution in [0.4, 0.5) is 0 Å². The van der Waals surface area contributed by atoms with E-state index in [2.05, 4.69) is 30.4 Å². The molecule has 0 amide bonds. The van der Waals surface area contributed by atoms with Gasteiger partial charge in [-0.25, -0.2) is 0 Å². The summed E-state index contributed by atoms with van der Waals surface area (Å²) >= 11 is 0. The second kappa shape index (κ2) is 5.62. The molecule has 0 aromatic heterocycles. The van der Waals surface area contributed by atoms with Gasteiger partial charge in [-0.05, 0) is 49.4 Å². The summed E-state index contributed by atoms with van der Waals surface area (Å²) in [5.41, 5.74) is 2.80. The Balaban J connectivity index is 1.60. The number of hydrogen-bond donors (Lipinski definition) is 1. The van der Waals surface area contributed by atoms with Gasteiger partial charge in [0.1, 0.15) is 5.75 Å². The van der Waals surface area contributed by atoms with Gasteiger partial charge in [-0.2, -0.15) is 0 Å². The monoisotopic (exact) mass is 287 g/mol. The highest BCUT2D eigenvalue weighted by Gasteiger charge is 2.44. The number of rotatable bonds is 5. The predicted octanol–water partition coefficient (Wildman–Crippen LogP) is 3.23. The lowest BCUT2D eigenvalue weighted by Crippen LogP contribution is -2.34. The molecule has 3 heterocycles. The minimum atomic E-state index is 0.436. The van der Waals surface area contributed by atoms with E-state index in [1.807, 2.05) is 0 Å². The van der Waals surface area contributed by atoms with Crippen molar-refractivity contribution < 1.29 is 9.47 Å². The van der Waals surface area contributed by atoms with Gasteiger partial charge in [0.15, 0.2) is 0 Å². The third kappa shape index (κ3) is 2.47. The van der Waals surface area contributed by atoms with E-state index in [1.54, 1.807) is 0 Å².